The maximum atomic E-state index is 12.1. The van der Waals surface area contributed by atoms with Crippen molar-refractivity contribution in [2.45, 2.75) is 59.7 Å². The van der Waals surface area contributed by atoms with Crippen LogP contribution in [-0.2, 0) is 6.54 Å². The van der Waals surface area contributed by atoms with Crippen molar-refractivity contribution < 1.29 is 5.84 Å². The molecule has 186 valence electrons. The molecule has 4 rings (SSSR count). The van der Waals surface area contributed by atoms with Crippen molar-refractivity contribution >= 4 is 0 Å². The highest BCUT2D eigenvalue weighted by Gasteiger charge is 2.19. The third kappa shape index (κ3) is 5.39. The Bertz CT molecular complexity index is 1510. The smallest absolute Gasteiger partial charge is 0.268 e. The van der Waals surface area contributed by atoms with Gasteiger partial charge in [-0.1, -0.05) is 6.07 Å². The van der Waals surface area contributed by atoms with E-state index in [1.165, 1.54) is 6.07 Å². The van der Waals surface area contributed by atoms with Crippen LogP contribution >= 0.6 is 0 Å². The van der Waals surface area contributed by atoms with Crippen molar-refractivity contribution in [3.05, 3.63) is 69.9 Å². The van der Waals surface area contributed by atoms with Crippen molar-refractivity contribution in [1.82, 2.24) is 30.0 Å². The number of benzene rings is 1. The Labute approximate surface area is 211 Å². The third-order valence-electron chi connectivity index (χ3n) is 5.63. The fourth-order valence-corrected chi connectivity index (χ4v) is 3.63. The van der Waals surface area contributed by atoms with Gasteiger partial charge in [0.25, 0.3) is 11.4 Å². The van der Waals surface area contributed by atoms with Crippen molar-refractivity contribution in [3.8, 4) is 40.4 Å². The van der Waals surface area contributed by atoms with E-state index >= 15 is 0 Å². The average Bonchev–Trinajstić information content (AvgIpc) is 3.32. The Kier molecular flexibility index (Phi) is 6.82. The second-order valence-electron chi connectivity index (χ2n) is 9.95. The van der Waals surface area contributed by atoms with Gasteiger partial charge in [0.1, 0.15) is 5.69 Å². The highest BCUT2D eigenvalue weighted by Crippen LogP contribution is 2.28. The molecule has 0 radical (unpaired) electrons. The summed E-state index contributed by atoms with van der Waals surface area (Å²) in [6.07, 6.45) is 3.42. The molecule has 36 heavy (non-hydrogen) atoms. The summed E-state index contributed by atoms with van der Waals surface area (Å²) in [6.45, 7) is 12.6. The summed E-state index contributed by atoms with van der Waals surface area (Å²) in [5.41, 5.74) is 4.28. The molecule has 0 unspecified atom stereocenters. The number of hydrogen-bond acceptors (Lipinski definition) is 8. The summed E-state index contributed by atoms with van der Waals surface area (Å²) < 4.78 is 7.60. The van der Waals surface area contributed by atoms with Gasteiger partial charge >= 0.3 is 0 Å². The van der Waals surface area contributed by atoms with Crippen LogP contribution in [0.25, 0.3) is 34.3 Å². The predicted octanol–water partition coefficient (Wildman–Crippen LogP) is 4.92. The summed E-state index contributed by atoms with van der Waals surface area (Å²) in [5.74, 6) is 0.438. The number of aromatic nitrogens is 5. The van der Waals surface area contributed by atoms with E-state index in [1.54, 1.807) is 23.0 Å². The van der Waals surface area contributed by atoms with Crippen LogP contribution in [0.5, 0.6) is 0 Å². The SMILES string of the molecule is Cc1ncc(-c2ccc(=O)n(C(C)C)c2)nc1-c1nnc(-c2ccc(CNC(C)(C)C)cc2C#N)o1.[HH]. The Morgan fingerprint density at radius 1 is 1.17 bits per heavy atom. The third-order valence-corrected chi connectivity index (χ3v) is 5.63. The molecule has 0 aliphatic heterocycles. The van der Waals surface area contributed by atoms with E-state index in [-0.39, 0.29) is 30.3 Å². The summed E-state index contributed by atoms with van der Waals surface area (Å²) in [6, 6.07) is 11.1. The van der Waals surface area contributed by atoms with E-state index < -0.39 is 0 Å². The van der Waals surface area contributed by atoms with E-state index in [0.717, 1.165) is 11.1 Å². The van der Waals surface area contributed by atoms with Crippen LogP contribution in [0.4, 0.5) is 0 Å². The zero-order chi connectivity index (χ0) is 26.0. The lowest BCUT2D eigenvalue weighted by Gasteiger charge is -2.20. The molecule has 0 amide bonds. The summed E-state index contributed by atoms with van der Waals surface area (Å²) in [4.78, 5) is 21.3. The van der Waals surface area contributed by atoms with Gasteiger partial charge in [0.2, 0.25) is 5.89 Å². The van der Waals surface area contributed by atoms with Crippen LogP contribution in [0.3, 0.4) is 0 Å². The Morgan fingerprint density at radius 2 is 1.92 bits per heavy atom. The Morgan fingerprint density at radius 3 is 2.61 bits per heavy atom. The van der Waals surface area contributed by atoms with E-state index in [0.29, 0.717) is 34.8 Å². The number of aryl methyl sites for hydroxylation is 1. The minimum atomic E-state index is -0.0795. The number of nitriles is 1. The van der Waals surface area contributed by atoms with Crippen molar-refractivity contribution in [1.29, 1.82) is 5.26 Å². The van der Waals surface area contributed by atoms with Gasteiger partial charge in [-0.05, 0) is 65.3 Å². The monoisotopic (exact) mass is 485 g/mol. The number of nitrogens with one attached hydrogen (secondary N) is 1. The number of pyridine rings is 1. The van der Waals surface area contributed by atoms with Gasteiger partial charge in [0.05, 0.1) is 34.8 Å². The van der Waals surface area contributed by atoms with Gasteiger partial charge in [0.15, 0.2) is 0 Å². The standard InChI is InChI=1S/C27H29N7O2.H2/c1-16(2)34-15-19(8-10-23(34)35)22-14-29-17(3)24(31-22)26-33-32-25(36-26)21-9-7-18(11-20(21)12-28)13-30-27(4,5)6;/h7-11,14-16,30H,13H2,1-6H3;1H. The molecule has 0 bridgehead atoms. The quantitative estimate of drug-likeness (QED) is 0.408. The molecule has 0 atom stereocenters. The molecule has 0 aliphatic rings. The van der Waals surface area contributed by atoms with Gasteiger partial charge in [-0.15, -0.1) is 10.2 Å². The molecule has 9 nitrogen and oxygen atoms in total. The van der Waals surface area contributed by atoms with E-state index in [1.807, 2.05) is 39.0 Å². The first-order valence-corrected chi connectivity index (χ1v) is 11.7. The van der Waals surface area contributed by atoms with Crippen LogP contribution in [0.2, 0.25) is 0 Å². The molecular weight excluding hydrogens is 454 g/mol. The lowest BCUT2D eigenvalue weighted by atomic mass is 10.0. The zero-order valence-corrected chi connectivity index (χ0v) is 21.3. The van der Waals surface area contributed by atoms with Crippen LogP contribution in [0.15, 0.2) is 51.9 Å². The van der Waals surface area contributed by atoms with E-state index in [4.69, 9.17) is 9.40 Å². The Hall–Kier alpha value is -4.16. The predicted molar refractivity (Wildman–Crippen MR) is 139 cm³/mol. The van der Waals surface area contributed by atoms with Gasteiger partial charge in [-0.3, -0.25) is 9.78 Å². The molecule has 1 aromatic carbocycles. The summed E-state index contributed by atoms with van der Waals surface area (Å²) in [7, 11) is 0. The lowest BCUT2D eigenvalue weighted by Crippen LogP contribution is -2.35. The van der Waals surface area contributed by atoms with Crippen LogP contribution in [-0.4, -0.2) is 30.3 Å². The molecule has 3 aromatic heterocycles. The lowest BCUT2D eigenvalue weighted by molar-refractivity contribution is 0.424. The van der Waals surface area contributed by atoms with Crippen molar-refractivity contribution in [3.63, 3.8) is 0 Å². The number of hydrogen-bond donors (Lipinski definition) is 1. The van der Waals surface area contributed by atoms with Gasteiger partial charge in [0, 0.05) is 37.4 Å². The molecule has 3 heterocycles. The molecule has 0 fully saturated rings. The van der Waals surface area contributed by atoms with Crippen molar-refractivity contribution in [2.75, 3.05) is 0 Å². The first-order valence-electron chi connectivity index (χ1n) is 11.7. The van der Waals surface area contributed by atoms with Gasteiger partial charge in [-0.25, -0.2) is 4.98 Å². The molecular formula is C27H31N7O2. The topological polar surface area (TPSA) is 123 Å². The maximum Gasteiger partial charge on any atom is 0.268 e. The molecule has 0 saturated carbocycles. The molecule has 0 spiro atoms. The Balaban J connectivity index is 0.00000380. The molecule has 0 aliphatic carbocycles. The molecule has 0 saturated heterocycles. The van der Waals surface area contributed by atoms with Gasteiger partial charge < -0.3 is 14.3 Å². The molecule has 9 heteroatoms. The van der Waals surface area contributed by atoms with E-state index in [9.17, 15) is 10.1 Å². The summed E-state index contributed by atoms with van der Waals surface area (Å²) >= 11 is 0. The second kappa shape index (κ2) is 9.84. The molecule has 1 N–H and O–H groups in total. The normalized spacial score (nSPS) is 11.6. The van der Waals surface area contributed by atoms with Crippen LogP contribution in [0, 0.1) is 18.3 Å². The van der Waals surface area contributed by atoms with E-state index in [2.05, 4.69) is 47.3 Å². The molecule has 4 aromatic rings. The number of nitrogens with zero attached hydrogens (tertiary/aromatic N) is 6. The minimum Gasteiger partial charge on any atom is -0.414 e. The van der Waals surface area contributed by atoms with Crippen LogP contribution in [0.1, 0.15) is 58.9 Å². The first-order chi connectivity index (χ1) is 17.1. The fraction of sp³-hybridized carbons (Fsp3) is 0.333. The average molecular weight is 486 g/mol. The number of rotatable bonds is 6. The van der Waals surface area contributed by atoms with Crippen molar-refractivity contribution in [2.24, 2.45) is 0 Å². The zero-order valence-electron chi connectivity index (χ0n) is 21.3. The highest BCUT2D eigenvalue weighted by atomic mass is 16.4. The van der Waals surface area contributed by atoms with Crippen LogP contribution < -0.4 is 10.9 Å². The summed E-state index contributed by atoms with van der Waals surface area (Å²) in [5, 5.41) is 21.5. The maximum absolute atomic E-state index is 12.1. The first kappa shape index (κ1) is 24.9. The highest BCUT2D eigenvalue weighted by molar-refractivity contribution is 5.66. The minimum absolute atomic E-state index is 0. The second-order valence-corrected chi connectivity index (χ2v) is 9.95. The van der Waals surface area contributed by atoms with Gasteiger partial charge in [-0.2, -0.15) is 5.26 Å². The largest absolute Gasteiger partial charge is 0.414 e. The fourth-order valence-electron chi connectivity index (χ4n) is 3.63.